The van der Waals surface area contributed by atoms with Gasteiger partial charge in [0.05, 0.1) is 36.5 Å². The molecule has 1 saturated heterocycles. The summed E-state index contributed by atoms with van der Waals surface area (Å²) < 4.78 is 5.49. The number of aryl methyl sites for hydroxylation is 1. The summed E-state index contributed by atoms with van der Waals surface area (Å²) in [6, 6.07) is 14.2. The molecule has 1 aromatic heterocycles. The van der Waals surface area contributed by atoms with E-state index < -0.39 is 0 Å². The van der Waals surface area contributed by atoms with E-state index >= 15 is 0 Å². The van der Waals surface area contributed by atoms with E-state index in [0.717, 1.165) is 18.5 Å². The summed E-state index contributed by atoms with van der Waals surface area (Å²) in [5, 5.41) is 12.2. The van der Waals surface area contributed by atoms with E-state index in [-0.39, 0.29) is 24.3 Å². The van der Waals surface area contributed by atoms with Gasteiger partial charge in [0, 0.05) is 31.4 Å². The normalized spacial score (nSPS) is 16.1. The molecule has 150 valence electrons. The lowest BCUT2D eigenvalue weighted by Crippen LogP contribution is -2.50. The maximum atomic E-state index is 13.0. The van der Waals surface area contributed by atoms with Crippen LogP contribution in [-0.4, -0.2) is 54.0 Å². The first-order valence-electron chi connectivity index (χ1n) is 9.73. The van der Waals surface area contributed by atoms with Gasteiger partial charge in [0.2, 0.25) is 5.91 Å². The summed E-state index contributed by atoms with van der Waals surface area (Å²) >= 11 is 0. The van der Waals surface area contributed by atoms with Crippen LogP contribution >= 0.6 is 0 Å². The number of nitrogens with one attached hydrogen (secondary N) is 1. The average molecular weight is 392 g/mol. The van der Waals surface area contributed by atoms with E-state index in [2.05, 4.69) is 16.4 Å². The number of pyridine rings is 1. The second kappa shape index (κ2) is 10.3. The molecule has 0 spiro atoms. The SMILES string of the molecule is N#Cc1ccccc1C(=O)N1CCOCC1CC(=O)NCCCc1ccccn1. The number of benzene rings is 1. The van der Waals surface area contributed by atoms with Gasteiger partial charge in [-0.15, -0.1) is 0 Å². The van der Waals surface area contributed by atoms with E-state index in [9.17, 15) is 14.9 Å². The van der Waals surface area contributed by atoms with Gasteiger partial charge in [-0.2, -0.15) is 5.26 Å². The highest BCUT2D eigenvalue weighted by atomic mass is 16.5. The van der Waals surface area contributed by atoms with Crippen LogP contribution in [0.1, 0.15) is 34.5 Å². The largest absolute Gasteiger partial charge is 0.377 e. The van der Waals surface area contributed by atoms with Gasteiger partial charge in [0.15, 0.2) is 0 Å². The Hall–Kier alpha value is -3.24. The maximum Gasteiger partial charge on any atom is 0.255 e. The summed E-state index contributed by atoms with van der Waals surface area (Å²) in [5.74, 6) is -0.355. The first-order valence-corrected chi connectivity index (χ1v) is 9.73. The quantitative estimate of drug-likeness (QED) is 0.727. The van der Waals surface area contributed by atoms with E-state index in [1.165, 1.54) is 0 Å². The fourth-order valence-electron chi connectivity index (χ4n) is 3.34. The van der Waals surface area contributed by atoms with Crippen LogP contribution in [0.4, 0.5) is 0 Å². The summed E-state index contributed by atoms with van der Waals surface area (Å²) in [6.45, 7) is 1.68. The number of amides is 2. The maximum absolute atomic E-state index is 13.0. The van der Waals surface area contributed by atoms with Crippen molar-refractivity contribution in [3.63, 3.8) is 0 Å². The van der Waals surface area contributed by atoms with Crippen LogP contribution in [0.3, 0.4) is 0 Å². The van der Waals surface area contributed by atoms with Crippen molar-refractivity contribution >= 4 is 11.8 Å². The first kappa shape index (κ1) is 20.5. The topological polar surface area (TPSA) is 95.3 Å². The lowest BCUT2D eigenvalue weighted by molar-refractivity contribution is -0.123. The first-order chi connectivity index (χ1) is 14.2. The standard InChI is InChI=1S/C22H24N4O3/c23-15-17-6-1-2-9-20(17)22(28)26-12-13-29-16-19(26)14-21(27)25-11-5-8-18-7-3-4-10-24-18/h1-4,6-7,9-10,19H,5,8,11-14,16H2,(H,25,27). The summed E-state index contributed by atoms with van der Waals surface area (Å²) in [6.07, 6.45) is 3.52. The van der Waals surface area contributed by atoms with Gasteiger partial charge in [-0.1, -0.05) is 18.2 Å². The molecule has 1 aliphatic rings. The predicted molar refractivity (Wildman–Crippen MR) is 107 cm³/mol. The minimum Gasteiger partial charge on any atom is -0.377 e. The summed E-state index contributed by atoms with van der Waals surface area (Å²) in [5.41, 5.74) is 1.69. The number of aromatic nitrogens is 1. The highest BCUT2D eigenvalue weighted by Crippen LogP contribution is 2.17. The van der Waals surface area contributed by atoms with Crippen LogP contribution in [0.2, 0.25) is 0 Å². The minimum atomic E-state index is -0.348. The molecule has 29 heavy (non-hydrogen) atoms. The minimum absolute atomic E-state index is 0.118. The van der Waals surface area contributed by atoms with Crippen molar-refractivity contribution in [2.75, 3.05) is 26.3 Å². The Morgan fingerprint density at radius 3 is 2.86 bits per heavy atom. The molecule has 7 nitrogen and oxygen atoms in total. The van der Waals surface area contributed by atoms with E-state index in [1.807, 2.05) is 18.2 Å². The Labute approximate surface area is 170 Å². The smallest absolute Gasteiger partial charge is 0.255 e. The number of rotatable bonds is 7. The molecule has 0 saturated carbocycles. The lowest BCUT2D eigenvalue weighted by Gasteiger charge is -2.35. The van der Waals surface area contributed by atoms with Gasteiger partial charge in [0.25, 0.3) is 5.91 Å². The lowest BCUT2D eigenvalue weighted by atomic mass is 10.0. The Kier molecular flexibility index (Phi) is 7.31. The molecular weight excluding hydrogens is 368 g/mol. The molecule has 0 aliphatic carbocycles. The van der Waals surface area contributed by atoms with Crippen molar-refractivity contribution in [1.82, 2.24) is 15.2 Å². The molecule has 1 N–H and O–H groups in total. The van der Waals surface area contributed by atoms with Gasteiger partial charge in [-0.3, -0.25) is 14.6 Å². The molecule has 0 radical (unpaired) electrons. The summed E-state index contributed by atoms with van der Waals surface area (Å²) in [4.78, 5) is 31.3. The number of morpholine rings is 1. The zero-order chi connectivity index (χ0) is 20.5. The molecular formula is C22H24N4O3. The van der Waals surface area contributed by atoms with Crippen LogP contribution in [0, 0.1) is 11.3 Å². The third-order valence-corrected chi connectivity index (χ3v) is 4.85. The van der Waals surface area contributed by atoms with Gasteiger partial charge < -0.3 is 15.0 Å². The molecule has 2 amide bonds. The monoisotopic (exact) mass is 392 g/mol. The average Bonchev–Trinajstić information content (AvgIpc) is 2.77. The van der Waals surface area contributed by atoms with Gasteiger partial charge >= 0.3 is 0 Å². The summed E-state index contributed by atoms with van der Waals surface area (Å²) in [7, 11) is 0. The molecule has 3 rings (SSSR count). The third-order valence-electron chi connectivity index (χ3n) is 4.85. The Morgan fingerprint density at radius 1 is 1.24 bits per heavy atom. The zero-order valence-corrected chi connectivity index (χ0v) is 16.2. The van der Waals surface area contributed by atoms with Crippen LogP contribution in [0.15, 0.2) is 48.7 Å². The van der Waals surface area contributed by atoms with Crippen LogP contribution < -0.4 is 5.32 Å². The Bertz CT molecular complexity index is 879. The number of nitrogens with zero attached hydrogens (tertiary/aromatic N) is 3. The third kappa shape index (κ3) is 5.62. The molecule has 1 atom stereocenters. The molecule has 1 unspecified atom stereocenters. The predicted octanol–water partition coefficient (Wildman–Crippen LogP) is 1.93. The number of carbonyl (C=O) groups excluding carboxylic acids is 2. The van der Waals surface area contributed by atoms with Crippen LogP contribution in [0.5, 0.6) is 0 Å². The van der Waals surface area contributed by atoms with E-state index in [4.69, 9.17) is 4.74 Å². The van der Waals surface area contributed by atoms with Crippen molar-refractivity contribution in [2.45, 2.75) is 25.3 Å². The number of ether oxygens (including phenoxy) is 1. The molecule has 0 bridgehead atoms. The van der Waals surface area contributed by atoms with Crippen molar-refractivity contribution < 1.29 is 14.3 Å². The van der Waals surface area contributed by atoms with Crippen LogP contribution in [-0.2, 0) is 16.0 Å². The molecule has 1 fully saturated rings. The number of carbonyl (C=O) groups is 2. The van der Waals surface area contributed by atoms with Gasteiger partial charge in [-0.25, -0.2) is 0 Å². The van der Waals surface area contributed by atoms with Gasteiger partial charge in [-0.05, 0) is 37.1 Å². The molecule has 2 aromatic rings. The van der Waals surface area contributed by atoms with Crippen molar-refractivity contribution in [3.05, 3.63) is 65.5 Å². The van der Waals surface area contributed by atoms with Crippen molar-refractivity contribution in [2.24, 2.45) is 0 Å². The molecule has 1 aliphatic heterocycles. The van der Waals surface area contributed by atoms with Crippen molar-refractivity contribution in [1.29, 1.82) is 5.26 Å². The van der Waals surface area contributed by atoms with Crippen molar-refractivity contribution in [3.8, 4) is 6.07 Å². The highest BCUT2D eigenvalue weighted by molar-refractivity contribution is 5.97. The molecule has 1 aromatic carbocycles. The van der Waals surface area contributed by atoms with E-state index in [0.29, 0.717) is 37.4 Å². The Morgan fingerprint density at radius 2 is 2.07 bits per heavy atom. The zero-order valence-electron chi connectivity index (χ0n) is 16.2. The Balaban J connectivity index is 1.53. The number of hydrogen-bond donors (Lipinski definition) is 1. The molecule has 2 heterocycles. The fraction of sp³-hybridized carbons (Fsp3) is 0.364. The number of nitriles is 1. The van der Waals surface area contributed by atoms with Crippen LogP contribution in [0.25, 0.3) is 0 Å². The van der Waals surface area contributed by atoms with E-state index in [1.54, 1.807) is 35.4 Å². The second-order valence-corrected chi connectivity index (χ2v) is 6.86. The second-order valence-electron chi connectivity index (χ2n) is 6.86. The number of hydrogen-bond acceptors (Lipinski definition) is 5. The molecule has 7 heteroatoms. The fourth-order valence-corrected chi connectivity index (χ4v) is 3.34. The highest BCUT2D eigenvalue weighted by Gasteiger charge is 2.30. The van der Waals surface area contributed by atoms with Gasteiger partial charge in [0.1, 0.15) is 0 Å².